The van der Waals surface area contributed by atoms with E-state index < -0.39 is 0 Å². The van der Waals surface area contributed by atoms with Gasteiger partial charge in [0.15, 0.2) is 0 Å². The van der Waals surface area contributed by atoms with Crippen molar-refractivity contribution >= 4 is 23.2 Å². The molecule has 1 atom stereocenters. The van der Waals surface area contributed by atoms with E-state index in [0.29, 0.717) is 16.7 Å². The maximum Gasteiger partial charge on any atom is 0.119 e. The van der Waals surface area contributed by atoms with Gasteiger partial charge in [0.05, 0.1) is 13.2 Å². The second-order valence-corrected chi connectivity index (χ2v) is 5.07. The Morgan fingerprint density at radius 3 is 2.37 bits per heavy atom. The molecule has 1 N–H and O–H groups in total. The topological polar surface area (TPSA) is 29.5 Å². The molecular formula is C15H14Cl2O2. The van der Waals surface area contributed by atoms with E-state index in [1.807, 2.05) is 18.2 Å². The van der Waals surface area contributed by atoms with E-state index in [9.17, 15) is 5.11 Å². The molecule has 0 saturated carbocycles. The predicted octanol–water partition coefficient (Wildman–Crippen LogP) is 4.15. The third-order valence-corrected chi connectivity index (χ3v) is 3.29. The number of rotatable bonds is 5. The van der Waals surface area contributed by atoms with Crippen LogP contribution < -0.4 is 4.74 Å². The molecule has 100 valence electrons. The molecule has 2 rings (SSSR count). The molecule has 0 saturated heterocycles. The predicted molar refractivity (Wildman–Crippen MR) is 78.2 cm³/mol. The van der Waals surface area contributed by atoms with Crippen LogP contribution in [-0.2, 0) is 0 Å². The van der Waals surface area contributed by atoms with Gasteiger partial charge in [-0.15, -0.1) is 0 Å². The molecule has 0 aromatic heterocycles. The van der Waals surface area contributed by atoms with Gasteiger partial charge >= 0.3 is 0 Å². The van der Waals surface area contributed by atoms with Crippen LogP contribution in [0.2, 0.25) is 10.0 Å². The molecule has 2 aromatic carbocycles. The summed E-state index contributed by atoms with van der Waals surface area (Å²) in [4.78, 5) is 0. The average Bonchev–Trinajstić information content (AvgIpc) is 2.42. The van der Waals surface area contributed by atoms with Crippen molar-refractivity contribution in [1.82, 2.24) is 0 Å². The van der Waals surface area contributed by atoms with Gasteiger partial charge in [0, 0.05) is 16.0 Å². The third kappa shape index (κ3) is 4.13. The van der Waals surface area contributed by atoms with Gasteiger partial charge in [-0.2, -0.15) is 0 Å². The summed E-state index contributed by atoms with van der Waals surface area (Å²) in [7, 11) is 0. The Morgan fingerprint density at radius 1 is 1.00 bits per heavy atom. The molecule has 0 aliphatic carbocycles. The second kappa shape index (κ2) is 6.80. The summed E-state index contributed by atoms with van der Waals surface area (Å²) < 4.78 is 5.65. The lowest BCUT2D eigenvalue weighted by atomic mass is 10.0. The van der Waals surface area contributed by atoms with Crippen LogP contribution in [-0.4, -0.2) is 18.3 Å². The van der Waals surface area contributed by atoms with E-state index in [0.717, 1.165) is 11.3 Å². The number of ether oxygens (including phenoxy) is 1. The second-order valence-electron chi connectivity index (χ2n) is 4.20. The Hall–Kier alpha value is -1.22. The summed E-state index contributed by atoms with van der Waals surface area (Å²) in [6.07, 6.45) is 0. The standard InChI is InChI=1S/C15H14Cl2O2/c16-13-4-6-15(7-5-13)19-10-12(9-18)11-2-1-3-14(17)8-11/h1-8,12,18H,9-10H2. The van der Waals surface area contributed by atoms with Crippen LogP contribution in [0.5, 0.6) is 5.75 Å². The molecule has 0 aliphatic rings. The van der Waals surface area contributed by atoms with Crippen LogP contribution >= 0.6 is 23.2 Å². The molecule has 0 fully saturated rings. The zero-order chi connectivity index (χ0) is 13.7. The molecule has 0 amide bonds. The summed E-state index contributed by atoms with van der Waals surface area (Å²) in [5.74, 6) is 0.624. The van der Waals surface area contributed by atoms with Crippen LogP contribution in [0.25, 0.3) is 0 Å². The van der Waals surface area contributed by atoms with Crippen molar-refractivity contribution in [1.29, 1.82) is 0 Å². The van der Waals surface area contributed by atoms with E-state index >= 15 is 0 Å². The monoisotopic (exact) mass is 296 g/mol. The quantitative estimate of drug-likeness (QED) is 0.898. The fourth-order valence-corrected chi connectivity index (χ4v) is 2.07. The molecular weight excluding hydrogens is 283 g/mol. The summed E-state index contributed by atoms with van der Waals surface area (Å²) in [5.41, 5.74) is 0.962. The van der Waals surface area contributed by atoms with E-state index in [4.69, 9.17) is 27.9 Å². The highest BCUT2D eigenvalue weighted by Gasteiger charge is 2.11. The molecule has 2 aromatic rings. The number of benzene rings is 2. The fourth-order valence-electron chi connectivity index (χ4n) is 1.74. The molecule has 0 bridgehead atoms. The molecule has 19 heavy (non-hydrogen) atoms. The molecule has 4 heteroatoms. The zero-order valence-electron chi connectivity index (χ0n) is 10.2. The summed E-state index contributed by atoms with van der Waals surface area (Å²) in [6.45, 7) is 0.395. The van der Waals surface area contributed by atoms with Crippen LogP contribution in [0.3, 0.4) is 0 Å². The highest BCUT2D eigenvalue weighted by atomic mass is 35.5. The first-order valence-corrected chi connectivity index (χ1v) is 6.69. The zero-order valence-corrected chi connectivity index (χ0v) is 11.7. The van der Waals surface area contributed by atoms with Gasteiger partial charge in [-0.25, -0.2) is 0 Å². The minimum absolute atomic E-state index is 0.00787. The highest BCUT2D eigenvalue weighted by molar-refractivity contribution is 6.30. The lowest BCUT2D eigenvalue weighted by Crippen LogP contribution is -2.14. The molecule has 0 aliphatic heterocycles. The minimum atomic E-state index is -0.102. The normalized spacial score (nSPS) is 12.2. The molecule has 1 unspecified atom stereocenters. The first-order chi connectivity index (χ1) is 9.19. The maximum absolute atomic E-state index is 9.45. The average molecular weight is 297 g/mol. The Kier molecular flexibility index (Phi) is 5.08. The van der Waals surface area contributed by atoms with Gasteiger partial charge in [0.1, 0.15) is 5.75 Å². The number of hydrogen-bond donors (Lipinski definition) is 1. The Labute approximate surface area is 122 Å². The highest BCUT2D eigenvalue weighted by Crippen LogP contribution is 2.22. The summed E-state index contributed by atoms with van der Waals surface area (Å²) in [6, 6.07) is 14.6. The van der Waals surface area contributed by atoms with Crippen molar-refractivity contribution in [3.05, 3.63) is 64.1 Å². The van der Waals surface area contributed by atoms with E-state index in [1.54, 1.807) is 30.3 Å². The van der Waals surface area contributed by atoms with Gasteiger partial charge < -0.3 is 9.84 Å². The van der Waals surface area contributed by atoms with Crippen molar-refractivity contribution in [2.24, 2.45) is 0 Å². The van der Waals surface area contributed by atoms with Crippen molar-refractivity contribution in [2.75, 3.05) is 13.2 Å². The molecule has 0 heterocycles. The molecule has 0 radical (unpaired) electrons. The largest absolute Gasteiger partial charge is 0.493 e. The first kappa shape index (κ1) is 14.2. The lowest BCUT2D eigenvalue weighted by molar-refractivity contribution is 0.205. The van der Waals surface area contributed by atoms with Gasteiger partial charge in [-0.05, 0) is 42.0 Å². The maximum atomic E-state index is 9.45. The minimum Gasteiger partial charge on any atom is -0.493 e. The number of aliphatic hydroxyl groups is 1. The van der Waals surface area contributed by atoms with E-state index in [-0.39, 0.29) is 12.5 Å². The van der Waals surface area contributed by atoms with Crippen LogP contribution in [0, 0.1) is 0 Å². The SMILES string of the molecule is OCC(COc1ccc(Cl)cc1)c1cccc(Cl)c1. The summed E-state index contributed by atoms with van der Waals surface area (Å²) in [5, 5.41) is 10.8. The van der Waals surface area contributed by atoms with Gasteiger partial charge in [0.25, 0.3) is 0 Å². The third-order valence-electron chi connectivity index (χ3n) is 2.81. The molecule has 0 spiro atoms. The first-order valence-electron chi connectivity index (χ1n) is 5.93. The fraction of sp³-hybridized carbons (Fsp3) is 0.200. The number of aliphatic hydroxyl groups excluding tert-OH is 1. The van der Waals surface area contributed by atoms with Crippen molar-refractivity contribution in [3.8, 4) is 5.75 Å². The van der Waals surface area contributed by atoms with E-state index in [1.165, 1.54) is 0 Å². The van der Waals surface area contributed by atoms with Gasteiger partial charge in [0.2, 0.25) is 0 Å². The Balaban J connectivity index is 2.01. The number of halogens is 2. The van der Waals surface area contributed by atoms with Crippen molar-refractivity contribution in [3.63, 3.8) is 0 Å². The van der Waals surface area contributed by atoms with Crippen LogP contribution in [0.1, 0.15) is 11.5 Å². The van der Waals surface area contributed by atoms with E-state index in [2.05, 4.69) is 0 Å². The van der Waals surface area contributed by atoms with Crippen LogP contribution in [0.4, 0.5) is 0 Å². The Morgan fingerprint density at radius 2 is 1.74 bits per heavy atom. The molecule has 2 nitrogen and oxygen atoms in total. The smallest absolute Gasteiger partial charge is 0.119 e. The van der Waals surface area contributed by atoms with Crippen LogP contribution in [0.15, 0.2) is 48.5 Å². The van der Waals surface area contributed by atoms with Crippen molar-refractivity contribution in [2.45, 2.75) is 5.92 Å². The number of hydrogen-bond acceptors (Lipinski definition) is 2. The lowest BCUT2D eigenvalue weighted by Gasteiger charge is -2.16. The summed E-state index contributed by atoms with van der Waals surface area (Å²) >= 11 is 11.7. The van der Waals surface area contributed by atoms with Gasteiger partial charge in [-0.3, -0.25) is 0 Å². The Bertz CT molecular complexity index is 526. The van der Waals surface area contributed by atoms with Gasteiger partial charge in [-0.1, -0.05) is 35.3 Å². The van der Waals surface area contributed by atoms with Crippen molar-refractivity contribution < 1.29 is 9.84 Å².